The van der Waals surface area contributed by atoms with E-state index < -0.39 is 29.2 Å². The van der Waals surface area contributed by atoms with Crippen molar-refractivity contribution in [1.82, 2.24) is 5.32 Å². The van der Waals surface area contributed by atoms with Crippen LogP contribution in [0.2, 0.25) is 0 Å². The number of aliphatic hydroxyl groups excluding tert-OH is 1. The maximum Gasteiger partial charge on any atom is 0.335 e. The van der Waals surface area contributed by atoms with Crippen LogP contribution in [0.1, 0.15) is 47.8 Å². The summed E-state index contributed by atoms with van der Waals surface area (Å²) in [6.45, 7) is 5.39. The highest BCUT2D eigenvalue weighted by Gasteiger charge is 2.24. The molecule has 0 aromatic heterocycles. The number of carbonyl (C=O) groups is 1. The van der Waals surface area contributed by atoms with Crippen molar-refractivity contribution >= 4 is 5.97 Å². The summed E-state index contributed by atoms with van der Waals surface area (Å²) < 4.78 is 34.6. The summed E-state index contributed by atoms with van der Waals surface area (Å²) in [4.78, 5) is 11.1. The molecule has 0 radical (unpaired) electrons. The number of hydrogen-bond acceptors (Lipinski definition) is 5. The molecule has 6 nitrogen and oxygen atoms in total. The summed E-state index contributed by atoms with van der Waals surface area (Å²) in [6, 6.07) is 16.0. The molecule has 0 aliphatic rings. The molecule has 0 heterocycles. The lowest BCUT2D eigenvalue weighted by Crippen LogP contribution is -2.46. The Balaban J connectivity index is 1.62. The molecule has 1 atom stereocenters. The molecule has 0 spiro atoms. The number of halogens is 2. The third-order valence-electron chi connectivity index (χ3n) is 6.04. The van der Waals surface area contributed by atoms with Gasteiger partial charge in [0.05, 0.1) is 11.1 Å². The average molecular weight is 509 g/mol. The quantitative estimate of drug-likeness (QED) is 0.333. The summed E-state index contributed by atoms with van der Waals surface area (Å²) >= 11 is 0. The van der Waals surface area contributed by atoms with Gasteiger partial charge in [0.25, 0.3) is 0 Å². The topological polar surface area (TPSA) is 103 Å². The molecule has 0 bridgehead atoms. The first-order chi connectivity index (χ1) is 17.5. The second kappa shape index (κ2) is 12.0. The molecule has 0 saturated heterocycles. The first kappa shape index (κ1) is 27.8. The largest absolute Gasteiger partial charge is 0.489 e. The Morgan fingerprint density at radius 1 is 1.08 bits per heavy atom. The van der Waals surface area contributed by atoms with Crippen LogP contribution in [0.25, 0.3) is 11.1 Å². The van der Waals surface area contributed by atoms with Crippen molar-refractivity contribution in [3.63, 3.8) is 0 Å². The molecule has 0 amide bonds. The number of ether oxygens (including phenoxy) is 1. The normalized spacial score (nSPS) is 12.1. The molecule has 3 N–H and O–H groups in total. The number of aryl methyl sites for hydroxylation is 1. The van der Waals surface area contributed by atoms with Crippen LogP contribution in [-0.4, -0.2) is 41.0 Å². The van der Waals surface area contributed by atoms with Gasteiger partial charge < -0.3 is 20.3 Å². The number of nitrogens with one attached hydrogen (secondary N) is 1. The number of carboxylic acids is 1. The molecule has 0 aliphatic heterocycles. The minimum absolute atomic E-state index is 0.00713. The minimum Gasteiger partial charge on any atom is -0.489 e. The van der Waals surface area contributed by atoms with Crippen LogP contribution < -0.4 is 10.1 Å². The van der Waals surface area contributed by atoms with Crippen molar-refractivity contribution in [2.24, 2.45) is 0 Å². The van der Waals surface area contributed by atoms with E-state index in [-0.39, 0.29) is 42.0 Å². The van der Waals surface area contributed by atoms with Crippen LogP contribution in [0.3, 0.4) is 0 Å². The van der Waals surface area contributed by atoms with E-state index in [1.165, 1.54) is 24.3 Å². The molecule has 0 aliphatic carbocycles. The van der Waals surface area contributed by atoms with Gasteiger partial charge in [-0.3, -0.25) is 0 Å². The lowest BCUT2D eigenvalue weighted by molar-refractivity contribution is 0.0697. The van der Waals surface area contributed by atoms with Gasteiger partial charge >= 0.3 is 5.97 Å². The first-order valence-electron chi connectivity index (χ1n) is 11.9. The predicted molar refractivity (Wildman–Crippen MR) is 137 cm³/mol. The maximum atomic E-state index is 14.4. The lowest BCUT2D eigenvalue weighted by atomic mass is 9.93. The van der Waals surface area contributed by atoms with Gasteiger partial charge in [-0.25, -0.2) is 13.6 Å². The van der Waals surface area contributed by atoms with Crippen LogP contribution in [0.5, 0.6) is 5.75 Å². The smallest absolute Gasteiger partial charge is 0.335 e. The summed E-state index contributed by atoms with van der Waals surface area (Å²) in [5.41, 5.74) is 1.79. The van der Waals surface area contributed by atoms with Gasteiger partial charge in [0.15, 0.2) is 0 Å². The third-order valence-corrected chi connectivity index (χ3v) is 6.04. The number of aromatic carboxylic acids is 1. The molecule has 3 rings (SSSR count). The van der Waals surface area contributed by atoms with Crippen LogP contribution in [0.4, 0.5) is 8.78 Å². The number of β-amino-alcohol motifs (C(OH)–C–C–N with tert-alkyl or cyclic N) is 1. The van der Waals surface area contributed by atoms with Crippen molar-refractivity contribution in [3.05, 3.63) is 88.5 Å². The fourth-order valence-electron chi connectivity index (χ4n) is 3.89. The summed E-state index contributed by atoms with van der Waals surface area (Å²) in [5, 5.41) is 32.1. The second-order valence-electron chi connectivity index (χ2n) is 9.50. The minimum atomic E-state index is -1.02. The average Bonchev–Trinajstić information content (AvgIpc) is 2.88. The zero-order chi connectivity index (χ0) is 27.2. The molecule has 3 aromatic rings. The van der Waals surface area contributed by atoms with Gasteiger partial charge in [0, 0.05) is 17.6 Å². The van der Waals surface area contributed by atoms with Crippen molar-refractivity contribution < 1.29 is 28.5 Å². The second-order valence-corrected chi connectivity index (χ2v) is 9.50. The van der Waals surface area contributed by atoms with E-state index in [4.69, 9.17) is 9.84 Å². The third kappa shape index (κ3) is 7.35. The highest BCUT2D eigenvalue weighted by atomic mass is 19.1. The van der Waals surface area contributed by atoms with E-state index in [2.05, 4.69) is 11.4 Å². The zero-order valence-electron chi connectivity index (χ0n) is 21.0. The van der Waals surface area contributed by atoms with Gasteiger partial charge in [0.2, 0.25) is 0 Å². The number of aliphatic hydroxyl groups is 1. The summed E-state index contributed by atoms with van der Waals surface area (Å²) in [5.74, 6) is -1.92. The number of hydrogen-bond donors (Lipinski definition) is 3. The predicted octanol–water partition coefficient (Wildman–Crippen LogP) is 5.11. The molecule has 37 heavy (non-hydrogen) atoms. The first-order valence-corrected chi connectivity index (χ1v) is 11.9. The van der Waals surface area contributed by atoms with Crippen molar-refractivity contribution in [2.45, 2.75) is 45.3 Å². The molecular formula is C29H30F2N2O4. The molecular weight excluding hydrogens is 478 g/mol. The Labute approximate surface area is 215 Å². The van der Waals surface area contributed by atoms with Crippen LogP contribution in [-0.2, 0) is 12.8 Å². The van der Waals surface area contributed by atoms with Crippen LogP contribution in [0.15, 0.2) is 54.6 Å². The highest BCUT2D eigenvalue weighted by Crippen LogP contribution is 2.28. The summed E-state index contributed by atoms with van der Waals surface area (Å²) in [6.07, 6.45) is -0.333. The highest BCUT2D eigenvalue weighted by molar-refractivity contribution is 5.88. The molecule has 1 unspecified atom stereocenters. The Morgan fingerprint density at radius 3 is 2.27 bits per heavy atom. The molecule has 194 valence electrons. The van der Waals surface area contributed by atoms with Crippen molar-refractivity contribution in [2.75, 3.05) is 13.2 Å². The van der Waals surface area contributed by atoms with E-state index in [0.29, 0.717) is 12.0 Å². The van der Waals surface area contributed by atoms with Crippen molar-refractivity contribution in [3.8, 4) is 22.9 Å². The number of nitriles is 1. The molecule has 0 saturated carbocycles. The van der Waals surface area contributed by atoms with Crippen LogP contribution >= 0.6 is 0 Å². The SMILES string of the molecule is CCc1cc(F)c(CC(C)(C)NCC(O)COc2cc(-c3ccc(C(=O)O)cc3)ccc2C#N)c(F)c1. The number of rotatable bonds is 11. The molecule has 3 aromatic carbocycles. The van der Waals surface area contributed by atoms with Crippen molar-refractivity contribution in [1.29, 1.82) is 5.26 Å². The Hall–Kier alpha value is -3.80. The van der Waals surface area contributed by atoms with E-state index in [1.807, 2.05) is 6.92 Å². The van der Waals surface area contributed by atoms with E-state index in [0.717, 1.165) is 11.1 Å². The van der Waals surface area contributed by atoms with Crippen LogP contribution in [0, 0.1) is 23.0 Å². The van der Waals surface area contributed by atoms with Gasteiger partial charge in [-0.05, 0) is 79.8 Å². The Morgan fingerprint density at radius 2 is 1.70 bits per heavy atom. The lowest BCUT2D eigenvalue weighted by Gasteiger charge is -2.28. The number of carboxylic acid groups (broad SMARTS) is 1. The van der Waals surface area contributed by atoms with Gasteiger partial charge in [0.1, 0.15) is 36.2 Å². The van der Waals surface area contributed by atoms with E-state index in [9.17, 15) is 23.9 Å². The fourth-order valence-corrected chi connectivity index (χ4v) is 3.89. The zero-order valence-corrected chi connectivity index (χ0v) is 21.0. The maximum absolute atomic E-state index is 14.4. The number of nitrogens with zero attached hydrogens (tertiary/aromatic N) is 1. The number of benzene rings is 3. The standard InChI is InChI=1S/C29H30F2N2O4/c1-4-18-11-25(30)24(26(31)12-18)14-29(2,3)33-16-23(34)17-37-27-13-21(9-10-22(27)15-32)19-5-7-20(8-6-19)28(35)36/h5-13,23,33-34H,4,14,16-17H2,1-3H3,(H,35,36). The fraction of sp³-hybridized carbons (Fsp3) is 0.310. The van der Waals surface area contributed by atoms with E-state index in [1.54, 1.807) is 44.2 Å². The Kier molecular flexibility index (Phi) is 8.98. The van der Waals surface area contributed by atoms with E-state index >= 15 is 0 Å². The van der Waals surface area contributed by atoms with Gasteiger partial charge in [-0.1, -0.05) is 25.1 Å². The monoisotopic (exact) mass is 508 g/mol. The van der Waals surface area contributed by atoms with Gasteiger partial charge in [-0.15, -0.1) is 0 Å². The Bertz CT molecular complexity index is 1280. The summed E-state index contributed by atoms with van der Waals surface area (Å²) in [7, 11) is 0. The molecule has 8 heteroatoms. The van der Waals surface area contributed by atoms with Gasteiger partial charge in [-0.2, -0.15) is 5.26 Å². The molecule has 0 fully saturated rings.